The van der Waals surface area contributed by atoms with E-state index >= 15 is 0 Å². The van der Waals surface area contributed by atoms with Gasteiger partial charge in [0.05, 0.1) is 0 Å². The molecule has 3 amide bonds. The lowest BCUT2D eigenvalue weighted by Gasteiger charge is -2.06. The summed E-state index contributed by atoms with van der Waals surface area (Å²) in [5.74, 6) is -1.32. The first kappa shape index (κ1) is 14.7. The third-order valence-corrected chi connectivity index (χ3v) is 2.37. The van der Waals surface area contributed by atoms with Crippen LogP contribution in [0.2, 0.25) is 0 Å². The van der Waals surface area contributed by atoms with Gasteiger partial charge < -0.3 is 16.0 Å². The van der Waals surface area contributed by atoms with E-state index in [1.807, 2.05) is 30.3 Å². The van der Waals surface area contributed by atoms with Crippen LogP contribution in [0, 0.1) is 0 Å². The molecular formula is C13H17N3O3. The molecule has 6 nitrogen and oxygen atoms in total. The third kappa shape index (κ3) is 6.21. The van der Waals surface area contributed by atoms with Gasteiger partial charge in [0.15, 0.2) is 0 Å². The van der Waals surface area contributed by atoms with Crippen LogP contribution >= 0.6 is 0 Å². The first-order chi connectivity index (χ1) is 9.24. The standard InChI is InChI=1S/C13H17N3O3/c17-10-14-7-4-8-15-12(18)13(19)16-9-11-5-2-1-3-6-11/h1-3,5-6,10H,4,7-9H2,(H,14,17)(H,15,18)(H,16,19). The zero-order chi connectivity index (χ0) is 13.9. The van der Waals surface area contributed by atoms with E-state index in [1.165, 1.54) is 0 Å². The van der Waals surface area contributed by atoms with Gasteiger partial charge >= 0.3 is 11.8 Å². The van der Waals surface area contributed by atoms with Crippen molar-refractivity contribution in [3.05, 3.63) is 35.9 Å². The average molecular weight is 263 g/mol. The minimum Gasteiger partial charge on any atom is -0.359 e. The summed E-state index contributed by atoms with van der Waals surface area (Å²) in [6, 6.07) is 9.33. The minimum atomic E-state index is -0.665. The minimum absolute atomic E-state index is 0.319. The van der Waals surface area contributed by atoms with Crippen molar-refractivity contribution in [2.24, 2.45) is 0 Å². The lowest BCUT2D eigenvalue weighted by atomic mass is 10.2. The molecule has 0 saturated heterocycles. The third-order valence-electron chi connectivity index (χ3n) is 2.37. The van der Waals surface area contributed by atoms with E-state index in [2.05, 4.69) is 16.0 Å². The summed E-state index contributed by atoms with van der Waals surface area (Å²) < 4.78 is 0. The molecule has 6 heteroatoms. The second kappa shape index (κ2) is 8.68. The largest absolute Gasteiger partial charge is 0.359 e. The normalized spacial score (nSPS) is 9.47. The number of rotatable bonds is 7. The fraction of sp³-hybridized carbons (Fsp3) is 0.308. The predicted molar refractivity (Wildman–Crippen MR) is 70.0 cm³/mol. The number of carbonyl (C=O) groups is 3. The van der Waals surface area contributed by atoms with E-state index in [0.717, 1.165) is 5.56 Å². The monoisotopic (exact) mass is 263 g/mol. The van der Waals surface area contributed by atoms with Crippen LogP contribution in [0.4, 0.5) is 0 Å². The summed E-state index contributed by atoms with van der Waals surface area (Å²) >= 11 is 0. The Morgan fingerprint density at radius 3 is 2.37 bits per heavy atom. The summed E-state index contributed by atoms with van der Waals surface area (Å²) in [7, 11) is 0. The van der Waals surface area contributed by atoms with E-state index in [-0.39, 0.29) is 0 Å². The molecule has 3 N–H and O–H groups in total. The van der Waals surface area contributed by atoms with Crippen LogP contribution in [0.3, 0.4) is 0 Å². The van der Waals surface area contributed by atoms with Gasteiger partial charge in [0.1, 0.15) is 0 Å². The van der Waals surface area contributed by atoms with Crippen LogP contribution < -0.4 is 16.0 Å². The molecular weight excluding hydrogens is 246 g/mol. The molecule has 0 radical (unpaired) electrons. The van der Waals surface area contributed by atoms with Crippen LogP contribution in [0.5, 0.6) is 0 Å². The van der Waals surface area contributed by atoms with Gasteiger partial charge in [-0.05, 0) is 12.0 Å². The van der Waals surface area contributed by atoms with Crippen LogP contribution in [-0.2, 0) is 20.9 Å². The first-order valence-electron chi connectivity index (χ1n) is 6.01. The molecule has 0 bridgehead atoms. The molecule has 1 aromatic carbocycles. The number of amides is 3. The smallest absolute Gasteiger partial charge is 0.309 e. The lowest BCUT2D eigenvalue weighted by molar-refractivity contribution is -0.139. The number of hydrogen-bond donors (Lipinski definition) is 3. The molecule has 0 aliphatic rings. The Labute approximate surface area is 111 Å². The summed E-state index contributed by atoms with van der Waals surface area (Å²) in [5, 5.41) is 7.46. The van der Waals surface area contributed by atoms with E-state index in [0.29, 0.717) is 32.5 Å². The Bertz CT molecular complexity index is 420. The Hall–Kier alpha value is -2.37. The fourth-order valence-electron chi connectivity index (χ4n) is 1.39. The van der Waals surface area contributed by atoms with Crippen molar-refractivity contribution in [1.29, 1.82) is 0 Å². The SMILES string of the molecule is O=CNCCCNC(=O)C(=O)NCc1ccccc1. The maximum atomic E-state index is 11.4. The van der Waals surface area contributed by atoms with Crippen LogP contribution in [0.15, 0.2) is 30.3 Å². The Morgan fingerprint density at radius 2 is 1.68 bits per heavy atom. The molecule has 0 fully saturated rings. The lowest BCUT2D eigenvalue weighted by Crippen LogP contribution is -2.40. The predicted octanol–water partition coefficient (Wildman–Crippen LogP) is -0.445. The molecule has 19 heavy (non-hydrogen) atoms. The van der Waals surface area contributed by atoms with Gasteiger partial charge in [0.25, 0.3) is 0 Å². The van der Waals surface area contributed by atoms with Crippen LogP contribution in [-0.4, -0.2) is 31.3 Å². The zero-order valence-electron chi connectivity index (χ0n) is 10.5. The average Bonchev–Trinajstić information content (AvgIpc) is 2.45. The highest BCUT2D eigenvalue weighted by atomic mass is 16.2. The van der Waals surface area contributed by atoms with Gasteiger partial charge in [0.2, 0.25) is 6.41 Å². The molecule has 0 aromatic heterocycles. The van der Waals surface area contributed by atoms with Crippen molar-refractivity contribution < 1.29 is 14.4 Å². The summed E-state index contributed by atoms with van der Waals surface area (Å²) in [6.45, 7) is 1.13. The maximum absolute atomic E-state index is 11.4. The molecule has 102 valence electrons. The van der Waals surface area contributed by atoms with E-state index in [1.54, 1.807) is 0 Å². The van der Waals surface area contributed by atoms with Gasteiger partial charge in [-0.2, -0.15) is 0 Å². The first-order valence-corrected chi connectivity index (χ1v) is 6.01. The Morgan fingerprint density at radius 1 is 1.00 bits per heavy atom. The highest BCUT2D eigenvalue weighted by molar-refractivity contribution is 6.35. The quantitative estimate of drug-likeness (QED) is 0.354. The van der Waals surface area contributed by atoms with Crippen molar-refractivity contribution in [3.63, 3.8) is 0 Å². The van der Waals surface area contributed by atoms with Gasteiger partial charge in [-0.15, -0.1) is 0 Å². The number of benzene rings is 1. The summed E-state index contributed by atoms with van der Waals surface area (Å²) in [4.78, 5) is 32.8. The van der Waals surface area contributed by atoms with Crippen molar-refractivity contribution in [2.45, 2.75) is 13.0 Å². The van der Waals surface area contributed by atoms with Gasteiger partial charge in [0, 0.05) is 19.6 Å². The van der Waals surface area contributed by atoms with Crippen LogP contribution in [0.25, 0.3) is 0 Å². The van der Waals surface area contributed by atoms with Crippen molar-refractivity contribution in [1.82, 2.24) is 16.0 Å². The topological polar surface area (TPSA) is 87.3 Å². The Kier molecular flexibility index (Phi) is 6.71. The molecule has 0 heterocycles. The summed E-state index contributed by atoms with van der Waals surface area (Å²) in [5.41, 5.74) is 0.929. The highest BCUT2D eigenvalue weighted by Gasteiger charge is 2.11. The molecule has 0 atom stereocenters. The van der Waals surface area contributed by atoms with Crippen molar-refractivity contribution in [3.8, 4) is 0 Å². The van der Waals surface area contributed by atoms with Crippen LogP contribution in [0.1, 0.15) is 12.0 Å². The maximum Gasteiger partial charge on any atom is 0.309 e. The number of carbonyl (C=O) groups excluding carboxylic acids is 3. The van der Waals surface area contributed by atoms with E-state index in [4.69, 9.17) is 0 Å². The van der Waals surface area contributed by atoms with Crippen molar-refractivity contribution in [2.75, 3.05) is 13.1 Å². The van der Waals surface area contributed by atoms with Gasteiger partial charge in [-0.1, -0.05) is 30.3 Å². The molecule has 0 aliphatic carbocycles. The molecule has 0 saturated carbocycles. The molecule has 1 rings (SSSR count). The number of hydrogen-bond acceptors (Lipinski definition) is 3. The Balaban J connectivity index is 2.18. The second-order valence-corrected chi connectivity index (χ2v) is 3.85. The fourth-order valence-corrected chi connectivity index (χ4v) is 1.39. The zero-order valence-corrected chi connectivity index (χ0v) is 10.5. The van der Waals surface area contributed by atoms with Gasteiger partial charge in [-0.25, -0.2) is 0 Å². The van der Waals surface area contributed by atoms with Crippen molar-refractivity contribution >= 4 is 18.2 Å². The van der Waals surface area contributed by atoms with E-state index in [9.17, 15) is 14.4 Å². The van der Waals surface area contributed by atoms with E-state index < -0.39 is 11.8 Å². The number of nitrogens with one attached hydrogen (secondary N) is 3. The molecule has 0 aliphatic heterocycles. The summed E-state index contributed by atoms with van der Waals surface area (Å²) in [6.07, 6.45) is 1.17. The molecule has 1 aromatic rings. The highest BCUT2D eigenvalue weighted by Crippen LogP contribution is 1.96. The molecule has 0 unspecified atom stereocenters. The molecule has 0 spiro atoms. The second-order valence-electron chi connectivity index (χ2n) is 3.85. The van der Waals surface area contributed by atoms with Gasteiger partial charge in [-0.3, -0.25) is 14.4 Å².